The molecule has 6 nitrogen and oxygen atoms in total. The van der Waals surface area contributed by atoms with Crippen LogP contribution in [0.2, 0.25) is 5.02 Å². The van der Waals surface area contributed by atoms with Crippen LogP contribution in [0.3, 0.4) is 0 Å². The largest absolute Gasteiger partial charge is 0.478 e. The summed E-state index contributed by atoms with van der Waals surface area (Å²) in [5.74, 6) is -1.65. The topological polar surface area (TPSA) is 81.3 Å². The molecule has 1 N–H and O–H groups in total. The molecule has 0 spiro atoms. The van der Waals surface area contributed by atoms with Crippen LogP contribution in [0.1, 0.15) is 41.4 Å². The van der Waals surface area contributed by atoms with Crippen LogP contribution in [-0.2, 0) is 13.2 Å². The van der Waals surface area contributed by atoms with Crippen molar-refractivity contribution in [3.05, 3.63) is 60.9 Å². The summed E-state index contributed by atoms with van der Waals surface area (Å²) in [6.45, 7) is 3.43. The van der Waals surface area contributed by atoms with Gasteiger partial charge in [-0.15, -0.1) is 0 Å². The molecule has 0 atom stereocenters. The standard InChI is InChI=1S/C16H14ClF3N2O4/c1-7(2)9-4-8(5-10(13(9)17)14(24)25)22-12(23)6-11(16(18,19)20)21(3)15(22)26/h4-7H,1-3H3,(H,24,25). The van der Waals surface area contributed by atoms with Gasteiger partial charge in [-0.3, -0.25) is 9.36 Å². The summed E-state index contributed by atoms with van der Waals surface area (Å²) in [5, 5.41) is 9.22. The molecule has 0 unspecified atom stereocenters. The molecule has 10 heteroatoms. The van der Waals surface area contributed by atoms with Crippen LogP contribution < -0.4 is 11.2 Å². The Morgan fingerprint density at radius 1 is 1.19 bits per heavy atom. The monoisotopic (exact) mass is 390 g/mol. The van der Waals surface area contributed by atoms with Crippen molar-refractivity contribution in [3.63, 3.8) is 0 Å². The first-order chi connectivity index (χ1) is 11.9. The van der Waals surface area contributed by atoms with E-state index < -0.39 is 29.1 Å². The number of rotatable bonds is 3. The fourth-order valence-corrected chi connectivity index (χ4v) is 2.88. The lowest BCUT2D eigenvalue weighted by Gasteiger charge is -2.17. The van der Waals surface area contributed by atoms with E-state index in [1.807, 2.05) is 0 Å². The maximum absolute atomic E-state index is 12.9. The fourth-order valence-electron chi connectivity index (χ4n) is 2.47. The fraction of sp³-hybridized carbons (Fsp3) is 0.312. The summed E-state index contributed by atoms with van der Waals surface area (Å²) in [6, 6.07) is 2.58. The maximum Gasteiger partial charge on any atom is 0.431 e. The van der Waals surface area contributed by atoms with E-state index in [9.17, 15) is 32.7 Å². The lowest BCUT2D eigenvalue weighted by Crippen LogP contribution is -2.40. The number of carboxylic acids is 1. The average molecular weight is 391 g/mol. The van der Waals surface area contributed by atoms with Gasteiger partial charge < -0.3 is 5.11 Å². The summed E-state index contributed by atoms with van der Waals surface area (Å²) in [4.78, 5) is 35.9. The third-order valence-corrected chi connectivity index (χ3v) is 4.23. The Kier molecular flexibility index (Phi) is 5.05. The van der Waals surface area contributed by atoms with Gasteiger partial charge in [-0.25, -0.2) is 14.2 Å². The van der Waals surface area contributed by atoms with Gasteiger partial charge in [0.2, 0.25) is 0 Å². The number of carbonyl (C=O) groups is 1. The molecule has 0 saturated heterocycles. The molecule has 0 bridgehead atoms. The van der Waals surface area contributed by atoms with Gasteiger partial charge in [0.05, 0.1) is 16.3 Å². The Bertz CT molecular complexity index is 1010. The minimum Gasteiger partial charge on any atom is -0.478 e. The average Bonchev–Trinajstić information content (AvgIpc) is 2.50. The molecule has 0 radical (unpaired) electrons. The molecule has 0 amide bonds. The van der Waals surface area contributed by atoms with E-state index in [1.54, 1.807) is 13.8 Å². The molecule has 2 aromatic rings. The van der Waals surface area contributed by atoms with E-state index in [4.69, 9.17) is 11.6 Å². The molecule has 140 valence electrons. The molecule has 1 aromatic carbocycles. The van der Waals surface area contributed by atoms with E-state index in [0.29, 0.717) is 10.1 Å². The third kappa shape index (κ3) is 3.39. The van der Waals surface area contributed by atoms with Crippen LogP contribution in [0.4, 0.5) is 13.2 Å². The number of benzene rings is 1. The van der Waals surface area contributed by atoms with E-state index in [1.165, 1.54) is 6.07 Å². The first-order valence-electron chi connectivity index (χ1n) is 7.33. The predicted molar refractivity (Wildman–Crippen MR) is 88.3 cm³/mol. The highest BCUT2D eigenvalue weighted by Gasteiger charge is 2.35. The number of aromatic nitrogens is 2. The number of aromatic carboxylic acids is 1. The first-order valence-corrected chi connectivity index (χ1v) is 7.71. The predicted octanol–water partition coefficient (Wildman–Crippen LogP) is 3.03. The molecule has 26 heavy (non-hydrogen) atoms. The molecule has 1 heterocycles. The van der Waals surface area contributed by atoms with Crippen molar-refractivity contribution in [2.24, 2.45) is 7.05 Å². The SMILES string of the molecule is CC(C)c1cc(-n2c(=O)cc(C(F)(F)F)n(C)c2=O)cc(C(=O)O)c1Cl. The van der Waals surface area contributed by atoms with E-state index >= 15 is 0 Å². The summed E-state index contributed by atoms with van der Waals surface area (Å²) < 4.78 is 39.6. The van der Waals surface area contributed by atoms with Crippen LogP contribution in [0, 0.1) is 0 Å². The number of carboxylic acid groups (broad SMARTS) is 1. The zero-order valence-corrected chi connectivity index (χ0v) is 14.6. The van der Waals surface area contributed by atoms with Crippen molar-refractivity contribution in [2.45, 2.75) is 25.9 Å². The number of hydrogen-bond acceptors (Lipinski definition) is 3. The van der Waals surface area contributed by atoms with Crippen LogP contribution in [0.15, 0.2) is 27.8 Å². The Morgan fingerprint density at radius 3 is 2.23 bits per heavy atom. The van der Waals surface area contributed by atoms with Crippen LogP contribution in [0.5, 0.6) is 0 Å². The van der Waals surface area contributed by atoms with Crippen molar-refractivity contribution in [2.75, 3.05) is 0 Å². The summed E-state index contributed by atoms with van der Waals surface area (Å²) in [5.41, 5.74) is -4.07. The summed E-state index contributed by atoms with van der Waals surface area (Å²) >= 11 is 6.05. The van der Waals surface area contributed by atoms with Crippen molar-refractivity contribution >= 4 is 17.6 Å². The molecule has 0 fully saturated rings. The number of halogens is 4. The summed E-state index contributed by atoms with van der Waals surface area (Å²) in [6.07, 6.45) is -4.89. The highest BCUT2D eigenvalue weighted by atomic mass is 35.5. The van der Waals surface area contributed by atoms with Crippen molar-refractivity contribution in [3.8, 4) is 5.69 Å². The van der Waals surface area contributed by atoms with Gasteiger partial charge in [-0.1, -0.05) is 25.4 Å². The molecule has 0 aliphatic rings. The van der Waals surface area contributed by atoms with E-state index in [0.717, 1.165) is 13.1 Å². The lowest BCUT2D eigenvalue weighted by atomic mass is 9.99. The zero-order valence-electron chi connectivity index (χ0n) is 13.9. The molecule has 2 rings (SSSR count). The maximum atomic E-state index is 12.9. The summed E-state index contributed by atoms with van der Waals surface area (Å²) in [7, 11) is 0.873. The third-order valence-electron chi connectivity index (χ3n) is 3.81. The number of nitrogens with zero attached hydrogens (tertiary/aromatic N) is 2. The Hall–Kier alpha value is -2.55. The Balaban J connectivity index is 2.90. The highest BCUT2D eigenvalue weighted by Crippen LogP contribution is 2.31. The smallest absolute Gasteiger partial charge is 0.431 e. The van der Waals surface area contributed by atoms with Gasteiger partial charge in [0.1, 0.15) is 5.69 Å². The zero-order chi connectivity index (χ0) is 20.0. The van der Waals surface area contributed by atoms with Crippen molar-refractivity contribution < 1.29 is 23.1 Å². The van der Waals surface area contributed by atoms with Gasteiger partial charge >= 0.3 is 17.8 Å². The number of alkyl halides is 3. The highest BCUT2D eigenvalue weighted by molar-refractivity contribution is 6.34. The minimum absolute atomic E-state index is 0.0620. The van der Waals surface area contributed by atoms with E-state index in [2.05, 4.69) is 0 Å². The molecule has 0 aliphatic heterocycles. The van der Waals surface area contributed by atoms with Gasteiger partial charge in [0, 0.05) is 13.1 Å². The van der Waals surface area contributed by atoms with Gasteiger partial charge in [0.15, 0.2) is 0 Å². The van der Waals surface area contributed by atoms with Crippen molar-refractivity contribution in [1.82, 2.24) is 9.13 Å². The second-order valence-corrected chi connectivity index (χ2v) is 6.28. The molecule has 0 aliphatic carbocycles. The molecular formula is C16H14ClF3N2O4. The molecule has 0 saturated carbocycles. The van der Waals surface area contributed by atoms with Gasteiger partial charge in [0.25, 0.3) is 5.56 Å². The normalized spacial score (nSPS) is 11.8. The Morgan fingerprint density at radius 2 is 1.77 bits per heavy atom. The Labute approximate surface area is 150 Å². The number of hydrogen-bond donors (Lipinski definition) is 1. The van der Waals surface area contributed by atoms with Crippen molar-refractivity contribution in [1.29, 1.82) is 0 Å². The molecule has 1 aromatic heterocycles. The second kappa shape index (κ2) is 6.64. The van der Waals surface area contributed by atoms with Crippen LogP contribution in [-0.4, -0.2) is 20.2 Å². The van der Waals surface area contributed by atoms with Gasteiger partial charge in [-0.2, -0.15) is 13.2 Å². The molecular weight excluding hydrogens is 377 g/mol. The van der Waals surface area contributed by atoms with Crippen LogP contribution >= 0.6 is 11.6 Å². The second-order valence-electron chi connectivity index (χ2n) is 5.90. The lowest BCUT2D eigenvalue weighted by molar-refractivity contribution is -0.144. The minimum atomic E-state index is -4.89. The first kappa shape index (κ1) is 19.8. The van der Waals surface area contributed by atoms with Crippen LogP contribution in [0.25, 0.3) is 5.69 Å². The van der Waals surface area contributed by atoms with E-state index in [-0.39, 0.29) is 32.8 Å². The van der Waals surface area contributed by atoms with Gasteiger partial charge in [-0.05, 0) is 23.6 Å². The quantitative estimate of drug-likeness (QED) is 0.873.